The zero-order chi connectivity index (χ0) is 21.8. The molecule has 6 nitrogen and oxygen atoms in total. The van der Waals surface area contributed by atoms with Gasteiger partial charge in [-0.05, 0) is 42.0 Å². The van der Waals surface area contributed by atoms with Crippen molar-refractivity contribution < 1.29 is 14.5 Å². The predicted molar refractivity (Wildman–Crippen MR) is 126 cm³/mol. The molecule has 154 valence electrons. The number of para-hydroxylation sites is 2. The van der Waals surface area contributed by atoms with Gasteiger partial charge in [0.05, 0.1) is 21.1 Å². The van der Waals surface area contributed by atoms with Crippen molar-refractivity contribution in [1.82, 2.24) is 0 Å². The average Bonchev–Trinajstić information content (AvgIpc) is 3.06. The summed E-state index contributed by atoms with van der Waals surface area (Å²) in [6.07, 6.45) is 1.79. The van der Waals surface area contributed by atoms with Gasteiger partial charge in [-0.3, -0.25) is 19.8 Å². The van der Waals surface area contributed by atoms with E-state index in [9.17, 15) is 14.9 Å². The first-order valence-electron chi connectivity index (χ1n) is 9.31. The van der Waals surface area contributed by atoms with Crippen LogP contribution in [0.3, 0.4) is 0 Å². The Balaban J connectivity index is 1.45. The van der Waals surface area contributed by atoms with E-state index >= 15 is 0 Å². The number of amides is 1. The van der Waals surface area contributed by atoms with Gasteiger partial charge in [0, 0.05) is 6.07 Å². The van der Waals surface area contributed by atoms with Gasteiger partial charge in [-0.1, -0.05) is 66.4 Å². The van der Waals surface area contributed by atoms with Gasteiger partial charge in [-0.25, -0.2) is 0 Å². The lowest BCUT2D eigenvalue weighted by Gasteiger charge is -2.13. The van der Waals surface area contributed by atoms with Crippen LogP contribution in [0.1, 0.15) is 11.1 Å². The summed E-state index contributed by atoms with van der Waals surface area (Å²) in [5.41, 5.74) is 2.10. The van der Waals surface area contributed by atoms with Gasteiger partial charge in [-0.15, -0.1) is 0 Å². The predicted octanol–water partition coefficient (Wildman–Crippen LogP) is 5.58. The van der Waals surface area contributed by atoms with Crippen LogP contribution in [0.15, 0.2) is 83.8 Å². The molecule has 8 heteroatoms. The Bertz CT molecular complexity index is 1180. The number of anilines is 1. The first-order chi connectivity index (χ1) is 15.0. The molecule has 0 aromatic heterocycles. The fourth-order valence-electron chi connectivity index (χ4n) is 3.05. The standard InChI is InChI=1S/C23H16N2O4S2/c26-22-21(31-23(30)24(22)18-7-2-1-3-8-18)14-16-10-12-19(13-11-16)29-15-17-6-4-5-9-20(17)25(27)28/h1-14H,15H2. The lowest BCUT2D eigenvalue weighted by atomic mass is 10.2. The summed E-state index contributed by atoms with van der Waals surface area (Å²) in [7, 11) is 0. The quantitative estimate of drug-likeness (QED) is 0.212. The number of nitro benzene ring substituents is 1. The maximum atomic E-state index is 12.8. The monoisotopic (exact) mass is 448 g/mol. The van der Waals surface area contributed by atoms with Gasteiger partial charge in [0.1, 0.15) is 12.4 Å². The van der Waals surface area contributed by atoms with Gasteiger partial charge in [-0.2, -0.15) is 0 Å². The molecular weight excluding hydrogens is 432 g/mol. The van der Waals surface area contributed by atoms with Crippen molar-refractivity contribution in [3.05, 3.63) is 105 Å². The number of carbonyl (C=O) groups excluding carboxylic acids is 1. The molecule has 1 saturated heterocycles. The molecule has 0 unspecified atom stereocenters. The van der Waals surface area contributed by atoms with Crippen LogP contribution in [-0.2, 0) is 11.4 Å². The number of thiocarbonyl (C=S) groups is 1. The fourth-order valence-corrected chi connectivity index (χ4v) is 4.35. The molecule has 1 heterocycles. The minimum atomic E-state index is -0.423. The van der Waals surface area contributed by atoms with Crippen LogP contribution in [0.2, 0.25) is 0 Å². The highest BCUT2D eigenvalue weighted by Gasteiger charge is 2.33. The van der Waals surface area contributed by atoms with Crippen LogP contribution in [0.25, 0.3) is 6.08 Å². The molecule has 1 aliphatic rings. The number of rotatable bonds is 6. The molecule has 31 heavy (non-hydrogen) atoms. The molecule has 1 aliphatic heterocycles. The first kappa shape index (κ1) is 20.8. The second-order valence-corrected chi connectivity index (χ2v) is 8.27. The average molecular weight is 449 g/mol. The van der Waals surface area contributed by atoms with Crippen molar-refractivity contribution in [1.29, 1.82) is 0 Å². The maximum absolute atomic E-state index is 12.8. The van der Waals surface area contributed by atoms with E-state index in [4.69, 9.17) is 17.0 Å². The summed E-state index contributed by atoms with van der Waals surface area (Å²) < 4.78 is 6.19. The molecule has 0 saturated carbocycles. The number of carbonyl (C=O) groups is 1. The van der Waals surface area contributed by atoms with E-state index in [0.29, 0.717) is 20.5 Å². The van der Waals surface area contributed by atoms with Crippen LogP contribution in [0, 0.1) is 10.1 Å². The van der Waals surface area contributed by atoms with Gasteiger partial charge in [0.25, 0.3) is 11.6 Å². The third-order valence-electron chi connectivity index (χ3n) is 4.57. The zero-order valence-electron chi connectivity index (χ0n) is 16.1. The molecule has 1 fully saturated rings. The van der Waals surface area contributed by atoms with Gasteiger partial charge in [0.2, 0.25) is 0 Å². The largest absolute Gasteiger partial charge is 0.489 e. The molecule has 0 aliphatic carbocycles. The molecule has 0 bridgehead atoms. The molecule has 3 aromatic rings. The SMILES string of the molecule is O=C1C(=Cc2ccc(OCc3ccccc3[N+](=O)[O-])cc2)SC(=S)N1c1ccccc1. The van der Waals surface area contributed by atoms with Crippen molar-refractivity contribution in [2.45, 2.75) is 6.61 Å². The number of nitro groups is 1. The molecule has 4 rings (SSSR count). The Morgan fingerprint density at radius 1 is 1.00 bits per heavy atom. The highest BCUT2D eigenvalue weighted by molar-refractivity contribution is 8.27. The Morgan fingerprint density at radius 3 is 2.39 bits per heavy atom. The summed E-state index contributed by atoms with van der Waals surface area (Å²) in [5.74, 6) is 0.421. The van der Waals surface area contributed by atoms with Gasteiger partial charge < -0.3 is 4.74 Å². The Hall–Kier alpha value is -3.49. The van der Waals surface area contributed by atoms with Crippen molar-refractivity contribution in [2.75, 3.05) is 4.90 Å². The lowest BCUT2D eigenvalue weighted by molar-refractivity contribution is -0.385. The van der Waals surface area contributed by atoms with E-state index < -0.39 is 4.92 Å². The maximum Gasteiger partial charge on any atom is 0.276 e. The molecule has 0 N–H and O–H groups in total. The third kappa shape index (κ3) is 4.65. The van der Waals surface area contributed by atoms with Crippen molar-refractivity contribution in [3.63, 3.8) is 0 Å². The number of thioether (sulfide) groups is 1. The van der Waals surface area contributed by atoms with E-state index in [1.807, 2.05) is 42.5 Å². The Kier molecular flexibility index (Phi) is 6.11. The Labute approximate surface area is 188 Å². The fraction of sp³-hybridized carbons (Fsp3) is 0.0435. The van der Waals surface area contributed by atoms with E-state index in [-0.39, 0.29) is 18.2 Å². The smallest absolute Gasteiger partial charge is 0.276 e. The van der Waals surface area contributed by atoms with Crippen LogP contribution in [0.4, 0.5) is 11.4 Å². The van der Waals surface area contributed by atoms with Crippen LogP contribution in [0.5, 0.6) is 5.75 Å². The van der Waals surface area contributed by atoms with E-state index in [1.165, 1.54) is 22.7 Å². The van der Waals surface area contributed by atoms with Gasteiger partial charge in [0.15, 0.2) is 4.32 Å². The highest BCUT2D eigenvalue weighted by Crippen LogP contribution is 2.36. The van der Waals surface area contributed by atoms with Crippen molar-refractivity contribution in [2.24, 2.45) is 0 Å². The van der Waals surface area contributed by atoms with E-state index in [2.05, 4.69) is 0 Å². The highest BCUT2D eigenvalue weighted by atomic mass is 32.2. The minimum absolute atomic E-state index is 0.0274. The Morgan fingerprint density at radius 2 is 1.68 bits per heavy atom. The topological polar surface area (TPSA) is 72.7 Å². The molecule has 3 aromatic carbocycles. The number of hydrogen-bond donors (Lipinski definition) is 0. The first-order valence-corrected chi connectivity index (χ1v) is 10.5. The molecule has 0 spiro atoms. The summed E-state index contributed by atoms with van der Waals surface area (Å²) >= 11 is 6.64. The van der Waals surface area contributed by atoms with Crippen molar-refractivity contribution in [3.8, 4) is 5.75 Å². The summed E-state index contributed by atoms with van der Waals surface area (Å²) in [5, 5.41) is 11.1. The van der Waals surface area contributed by atoms with Crippen LogP contribution >= 0.6 is 24.0 Å². The van der Waals surface area contributed by atoms with E-state index in [0.717, 1.165) is 11.3 Å². The lowest BCUT2D eigenvalue weighted by Crippen LogP contribution is -2.27. The van der Waals surface area contributed by atoms with E-state index in [1.54, 1.807) is 36.4 Å². The number of ether oxygens (including phenoxy) is 1. The molecule has 0 atom stereocenters. The molecule has 1 amide bonds. The number of benzene rings is 3. The third-order valence-corrected chi connectivity index (χ3v) is 5.87. The zero-order valence-corrected chi connectivity index (χ0v) is 17.8. The summed E-state index contributed by atoms with van der Waals surface area (Å²) in [6, 6.07) is 22.9. The summed E-state index contributed by atoms with van der Waals surface area (Å²) in [4.78, 5) is 25.6. The molecule has 0 radical (unpaired) electrons. The van der Waals surface area contributed by atoms with Gasteiger partial charge >= 0.3 is 0 Å². The second-order valence-electron chi connectivity index (χ2n) is 6.60. The number of nitrogens with zero attached hydrogens (tertiary/aromatic N) is 2. The normalized spacial score (nSPS) is 14.8. The summed E-state index contributed by atoms with van der Waals surface area (Å²) in [6.45, 7) is 0.0895. The van der Waals surface area contributed by atoms with Crippen molar-refractivity contribution >= 4 is 51.7 Å². The minimum Gasteiger partial charge on any atom is -0.489 e. The van der Waals surface area contributed by atoms with Crippen LogP contribution in [-0.4, -0.2) is 15.2 Å². The number of hydrogen-bond acceptors (Lipinski definition) is 6. The second kappa shape index (κ2) is 9.11. The molecular formula is C23H16N2O4S2. The van der Waals surface area contributed by atoms with Crippen LogP contribution < -0.4 is 9.64 Å².